The van der Waals surface area contributed by atoms with Crippen LogP contribution in [-0.2, 0) is 0 Å². The molecule has 1 aromatic heterocycles. The number of nitrogens with zero attached hydrogens (tertiary/aromatic N) is 2. The number of anilines is 2. The number of nitrogens with one attached hydrogen (secondary N) is 1. The SMILES string of the molecule is Nc1nccc(-c2ccccc2)c1N1CCNCC1. The summed E-state index contributed by atoms with van der Waals surface area (Å²) in [5.74, 6) is 0.614. The molecule has 2 heterocycles. The zero-order valence-corrected chi connectivity index (χ0v) is 10.8. The number of nitrogens with two attached hydrogens (primary N) is 1. The van der Waals surface area contributed by atoms with Crippen molar-refractivity contribution in [1.82, 2.24) is 10.3 Å². The Morgan fingerprint density at radius 1 is 1.05 bits per heavy atom. The van der Waals surface area contributed by atoms with E-state index < -0.39 is 0 Å². The van der Waals surface area contributed by atoms with E-state index >= 15 is 0 Å². The van der Waals surface area contributed by atoms with Crippen LogP contribution in [0.4, 0.5) is 11.5 Å². The van der Waals surface area contributed by atoms with E-state index in [-0.39, 0.29) is 0 Å². The topological polar surface area (TPSA) is 54.2 Å². The lowest BCUT2D eigenvalue weighted by molar-refractivity contribution is 0.589. The number of piperazine rings is 1. The first-order valence-electron chi connectivity index (χ1n) is 6.62. The van der Waals surface area contributed by atoms with E-state index in [0.717, 1.165) is 37.4 Å². The van der Waals surface area contributed by atoms with Crippen LogP contribution in [0.3, 0.4) is 0 Å². The summed E-state index contributed by atoms with van der Waals surface area (Å²) < 4.78 is 0. The van der Waals surface area contributed by atoms with Gasteiger partial charge in [0.15, 0.2) is 0 Å². The maximum absolute atomic E-state index is 6.12. The highest BCUT2D eigenvalue weighted by molar-refractivity contribution is 5.85. The van der Waals surface area contributed by atoms with E-state index in [9.17, 15) is 0 Å². The summed E-state index contributed by atoms with van der Waals surface area (Å²) >= 11 is 0. The Kier molecular flexibility index (Phi) is 3.33. The van der Waals surface area contributed by atoms with E-state index in [0.29, 0.717) is 5.82 Å². The van der Waals surface area contributed by atoms with Gasteiger partial charge in [0, 0.05) is 37.9 Å². The molecule has 0 radical (unpaired) electrons. The molecule has 0 saturated carbocycles. The van der Waals surface area contributed by atoms with Gasteiger partial charge in [0.1, 0.15) is 5.82 Å². The summed E-state index contributed by atoms with van der Waals surface area (Å²) in [6.45, 7) is 3.91. The lowest BCUT2D eigenvalue weighted by Gasteiger charge is -2.31. The normalized spacial score (nSPS) is 15.5. The van der Waals surface area contributed by atoms with E-state index in [4.69, 9.17) is 5.73 Å². The van der Waals surface area contributed by atoms with Gasteiger partial charge >= 0.3 is 0 Å². The Bertz CT molecular complexity index is 547. The molecule has 0 spiro atoms. The van der Waals surface area contributed by atoms with Crippen LogP contribution in [0.2, 0.25) is 0 Å². The van der Waals surface area contributed by atoms with E-state index in [2.05, 4.69) is 27.3 Å². The standard InChI is InChI=1S/C15H18N4/c16-15-14(19-10-8-17-9-11-19)13(6-7-18-15)12-4-2-1-3-5-12/h1-7,17H,8-11H2,(H2,16,18). The molecular formula is C15H18N4. The van der Waals surface area contributed by atoms with Gasteiger partial charge < -0.3 is 16.0 Å². The van der Waals surface area contributed by atoms with Crippen molar-refractivity contribution in [3.8, 4) is 11.1 Å². The predicted octanol–water partition coefficient (Wildman–Crippen LogP) is 1.74. The fraction of sp³-hybridized carbons (Fsp3) is 0.267. The molecule has 0 atom stereocenters. The van der Waals surface area contributed by atoms with Crippen LogP contribution in [0.5, 0.6) is 0 Å². The minimum absolute atomic E-state index is 0.614. The van der Waals surface area contributed by atoms with Gasteiger partial charge in [-0.2, -0.15) is 0 Å². The third kappa shape index (κ3) is 2.39. The third-order valence-electron chi connectivity index (χ3n) is 3.47. The Hall–Kier alpha value is -2.07. The molecule has 1 aromatic carbocycles. The van der Waals surface area contributed by atoms with Crippen LogP contribution in [0, 0.1) is 0 Å². The number of nitrogen functional groups attached to an aromatic ring is 1. The second-order valence-electron chi connectivity index (χ2n) is 4.70. The van der Waals surface area contributed by atoms with Crippen LogP contribution < -0.4 is 16.0 Å². The average molecular weight is 254 g/mol. The van der Waals surface area contributed by atoms with Crippen LogP contribution >= 0.6 is 0 Å². The average Bonchev–Trinajstić information content (AvgIpc) is 2.49. The summed E-state index contributed by atoms with van der Waals surface area (Å²) in [4.78, 5) is 6.58. The molecule has 0 aliphatic carbocycles. The molecule has 3 N–H and O–H groups in total. The van der Waals surface area contributed by atoms with Crippen LogP contribution in [-0.4, -0.2) is 31.2 Å². The highest BCUT2D eigenvalue weighted by atomic mass is 15.2. The summed E-state index contributed by atoms with van der Waals surface area (Å²) in [6.07, 6.45) is 1.78. The van der Waals surface area contributed by atoms with Crippen molar-refractivity contribution in [2.24, 2.45) is 0 Å². The van der Waals surface area contributed by atoms with Crippen molar-refractivity contribution in [3.63, 3.8) is 0 Å². The first-order chi connectivity index (χ1) is 9.36. The Balaban J connectivity index is 2.07. The van der Waals surface area contributed by atoms with E-state index in [1.54, 1.807) is 6.20 Å². The van der Waals surface area contributed by atoms with Gasteiger partial charge in [0.05, 0.1) is 5.69 Å². The van der Waals surface area contributed by atoms with Gasteiger partial charge in [-0.15, -0.1) is 0 Å². The maximum Gasteiger partial charge on any atom is 0.147 e. The molecule has 1 saturated heterocycles. The Morgan fingerprint density at radius 3 is 2.53 bits per heavy atom. The number of benzene rings is 1. The number of aromatic nitrogens is 1. The third-order valence-corrected chi connectivity index (χ3v) is 3.47. The van der Waals surface area contributed by atoms with Gasteiger partial charge in [-0.3, -0.25) is 0 Å². The maximum atomic E-state index is 6.12. The van der Waals surface area contributed by atoms with Crippen molar-refractivity contribution in [3.05, 3.63) is 42.6 Å². The zero-order chi connectivity index (χ0) is 13.1. The van der Waals surface area contributed by atoms with E-state index in [1.165, 1.54) is 5.56 Å². The molecule has 98 valence electrons. The fourth-order valence-corrected chi connectivity index (χ4v) is 2.54. The molecule has 19 heavy (non-hydrogen) atoms. The Labute approximate surface area is 113 Å². The molecule has 0 amide bonds. The molecule has 3 rings (SSSR count). The first-order valence-corrected chi connectivity index (χ1v) is 6.62. The summed E-state index contributed by atoms with van der Waals surface area (Å²) in [5, 5.41) is 3.36. The predicted molar refractivity (Wildman–Crippen MR) is 79.2 cm³/mol. The molecule has 2 aromatic rings. The minimum atomic E-state index is 0.614. The molecule has 1 aliphatic heterocycles. The molecule has 0 unspecified atom stereocenters. The smallest absolute Gasteiger partial charge is 0.147 e. The first kappa shape index (κ1) is 12.0. The van der Waals surface area contributed by atoms with Crippen molar-refractivity contribution in [2.45, 2.75) is 0 Å². The Morgan fingerprint density at radius 2 is 1.79 bits per heavy atom. The van der Waals surface area contributed by atoms with Crippen molar-refractivity contribution < 1.29 is 0 Å². The monoisotopic (exact) mass is 254 g/mol. The molecule has 1 aliphatic rings. The fourth-order valence-electron chi connectivity index (χ4n) is 2.54. The molecule has 0 bridgehead atoms. The van der Waals surface area contributed by atoms with Crippen molar-refractivity contribution in [1.29, 1.82) is 0 Å². The van der Waals surface area contributed by atoms with Gasteiger partial charge in [0.2, 0.25) is 0 Å². The lowest BCUT2D eigenvalue weighted by Crippen LogP contribution is -2.44. The number of hydrogen-bond donors (Lipinski definition) is 2. The molecule has 4 heteroatoms. The van der Waals surface area contributed by atoms with Crippen molar-refractivity contribution >= 4 is 11.5 Å². The number of pyridine rings is 1. The van der Waals surface area contributed by atoms with Gasteiger partial charge in [0.25, 0.3) is 0 Å². The lowest BCUT2D eigenvalue weighted by atomic mass is 10.0. The van der Waals surface area contributed by atoms with Gasteiger partial charge in [-0.05, 0) is 11.6 Å². The summed E-state index contributed by atoms with van der Waals surface area (Å²) in [5.41, 5.74) is 9.53. The largest absolute Gasteiger partial charge is 0.382 e. The minimum Gasteiger partial charge on any atom is -0.382 e. The molecule has 1 fully saturated rings. The number of rotatable bonds is 2. The molecular weight excluding hydrogens is 236 g/mol. The number of hydrogen-bond acceptors (Lipinski definition) is 4. The van der Waals surface area contributed by atoms with Crippen LogP contribution in [0.15, 0.2) is 42.6 Å². The van der Waals surface area contributed by atoms with Gasteiger partial charge in [-0.25, -0.2) is 4.98 Å². The quantitative estimate of drug-likeness (QED) is 0.857. The van der Waals surface area contributed by atoms with Crippen LogP contribution in [0.25, 0.3) is 11.1 Å². The zero-order valence-electron chi connectivity index (χ0n) is 10.8. The van der Waals surface area contributed by atoms with Gasteiger partial charge in [-0.1, -0.05) is 30.3 Å². The van der Waals surface area contributed by atoms with Crippen molar-refractivity contribution in [2.75, 3.05) is 36.8 Å². The second-order valence-corrected chi connectivity index (χ2v) is 4.70. The van der Waals surface area contributed by atoms with Crippen LogP contribution in [0.1, 0.15) is 0 Å². The summed E-state index contributed by atoms with van der Waals surface area (Å²) in [7, 11) is 0. The summed E-state index contributed by atoms with van der Waals surface area (Å²) in [6, 6.07) is 12.4. The molecule has 4 nitrogen and oxygen atoms in total. The van der Waals surface area contributed by atoms with E-state index in [1.807, 2.05) is 24.3 Å². The highest BCUT2D eigenvalue weighted by Gasteiger charge is 2.18. The second kappa shape index (κ2) is 5.28. The highest BCUT2D eigenvalue weighted by Crippen LogP contribution is 2.34.